The van der Waals surface area contributed by atoms with Crippen LogP contribution < -0.4 is 11.3 Å². The lowest BCUT2D eigenvalue weighted by atomic mass is 10.0. The number of nitrogens with two attached hydrogens (primary N) is 1. The number of nitrogens with one attached hydrogen (secondary N) is 1. The molecule has 2 aromatic rings. The maximum absolute atomic E-state index is 5.74. The number of hydrogen-bond donors (Lipinski definition) is 2. The van der Waals surface area contributed by atoms with Crippen molar-refractivity contribution in [3.63, 3.8) is 0 Å². The van der Waals surface area contributed by atoms with E-state index in [1.807, 2.05) is 12.4 Å². The zero-order chi connectivity index (χ0) is 14.5. The Bertz CT molecular complexity index is 565. The first kappa shape index (κ1) is 15.2. The molecule has 0 saturated heterocycles. The molecule has 4 nitrogen and oxygen atoms in total. The molecule has 0 saturated carbocycles. The van der Waals surface area contributed by atoms with Crippen molar-refractivity contribution < 1.29 is 0 Å². The number of imidazole rings is 1. The number of aryl methyl sites for hydroxylation is 2. The maximum Gasteiger partial charge on any atom is 0.110 e. The molecule has 1 atom stereocenters. The summed E-state index contributed by atoms with van der Waals surface area (Å²) in [6.45, 7) is 5.23. The van der Waals surface area contributed by atoms with Gasteiger partial charge in [0, 0.05) is 29.8 Å². The highest BCUT2D eigenvalue weighted by Gasteiger charge is 2.16. The molecule has 0 bridgehead atoms. The summed E-state index contributed by atoms with van der Waals surface area (Å²) in [7, 11) is 0. The van der Waals surface area contributed by atoms with Crippen LogP contribution in [0, 0.1) is 6.92 Å². The topological polar surface area (TPSA) is 55.9 Å². The summed E-state index contributed by atoms with van der Waals surface area (Å²) in [5.41, 5.74) is 5.29. The van der Waals surface area contributed by atoms with Gasteiger partial charge in [-0.2, -0.15) is 0 Å². The van der Waals surface area contributed by atoms with E-state index < -0.39 is 0 Å². The summed E-state index contributed by atoms with van der Waals surface area (Å²) >= 11 is 3.62. The molecule has 3 N–H and O–H groups in total. The monoisotopic (exact) mass is 336 g/mol. The molecule has 0 amide bonds. The van der Waals surface area contributed by atoms with Crippen molar-refractivity contribution in [2.24, 2.45) is 5.84 Å². The van der Waals surface area contributed by atoms with Gasteiger partial charge in [-0.05, 0) is 30.5 Å². The van der Waals surface area contributed by atoms with E-state index in [4.69, 9.17) is 5.84 Å². The van der Waals surface area contributed by atoms with Crippen LogP contribution in [0.3, 0.4) is 0 Å². The minimum atomic E-state index is 0.0444. The van der Waals surface area contributed by atoms with Crippen LogP contribution in [0.1, 0.15) is 36.3 Å². The molecular formula is C15H21BrN4. The van der Waals surface area contributed by atoms with Crippen molar-refractivity contribution in [1.82, 2.24) is 15.0 Å². The van der Waals surface area contributed by atoms with Crippen molar-refractivity contribution >= 4 is 15.9 Å². The quantitative estimate of drug-likeness (QED) is 0.629. The molecule has 1 aromatic heterocycles. The fraction of sp³-hybridized carbons (Fsp3) is 0.400. The van der Waals surface area contributed by atoms with E-state index in [0.717, 1.165) is 35.2 Å². The standard InChI is InChI=1S/C15H21BrN4/c1-3-7-20-8-6-18-15(20)10-14(19-17)12-5-4-11(2)9-13(12)16/h4-6,8-9,14,19H,3,7,10,17H2,1-2H3. The Kier molecular flexibility index (Phi) is 5.34. The fourth-order valence-electron chi connectivity index (χ4n) is 2.33. The molecular weight excluding hydrogens is 316 g/mol. The van der Waals surface area contributed by atoms with Crippen LogP contribution in [0.15, 0.2) is 35.1 Å². The molecule has 20 heavy (non-hydrogen) atoms. The summed E-state index contributed by atoms with van der Waals surface area (Å²) in [5, 5.41) is 0. The highest BCUT2D eigenvalue weighted by Crippen LogP contribution is 2.26. The Balaban J connectivity index is 2.22. The van der Waals surface area contributed by atoms with Crippen LogP contribution in [0.5, 0.6) is 0 Å². The van der Waals surface area contributed by atoms with Gasteiger partial charge in [-0.15, -0.1) is 0 Å². The van der Waals surface area contributed by atoms with E-state index in [-0.39, 0.29) is 6.04 Å². The Labute approximate surface area is 128 Å². The molecule has 2 rings (SSSR count). The maximum atomic E-state index is 5.74. The molecule has 0 aliphatic rings. The number of halogens is 1. The summed E-state index contributed by atoms with van der Waals surface area (Å²) in [5.74, 6) is 6.80. The molecule has 0 radical (unpaired) electrons. The highest BCUT2D eigenvalue weighted by atomic mass is 79.9. The molecule has 0 aliphatic carbocycles. The minimum Gasteiger partial charge on any atom is -0.335 e. The van der Waals surface area contributed by atoms with Crippen molar-refractivity contribution in [2.45, 2.75) is 39.3 Å². The van der Waals surface area contributed by atoms with E-state index >= 15 is 0 Å². The summed E-state index contributed by atoms with van der Waals surface area (Å²) in [6.07, 6.45) is 5.74. The van der Waals surface area contributed by atoms with Gasteiger partial charge in [-0.1, -0.05) is 35.0 Å². The predicted octanol–water partition coefficient (Wildman–Crippen LogP) is 3.11. The third-order valence-corrected chi connectivity index (χ3v) is 4.07. The second-order valence-corrected chi connectivity index (χ2v) is 5.84. The molecule has 1 unspecified atom stereocenters. The summed E-state index contributed by atoms with van der Waals surface area (Å²) < 4.78 is 3.26. The second-order valence-electron chi connectivity index (χ2n) is 4.99. The van der Waals surface area contributed by atoms with Gasteiger partial charge in [0.15, 0.2) is 0 Å². The number of benzene rings is 1. The molecule has 108 valence electrons. The van der Waals surface area contributed by atoms with Crippen molar-refractivity contribution in [3.8, 4) is 0 Å². The normalized spacial score (nSPS) is 12.6. The minimum absolute atomic E-state index is 0.0444. The van der Waals surface area contributed by atoms with E-state index in [0.29, 0.717) is 0 Å². The molecule has 1 heterocycles. The van der Waals surface area contributed by atoms with E-state index in [1.54, 1.807) is 0 Å². The third kappa shape index (κ3) is 3.48. The first-order valence-corrected chi connectivity index (χ1v) is 7.67. The van der Waals surface area contributed by atoms with Gasteiger partial charge in [-0.3, -0.25) is 11.3 Å². The first-order chi connectivity index (χ1) is 9.65. The van der Waals surface area contributed by atoms with Crippen molar-refractivity contribution in [3.05, 3.63) is 52.0 Å². The van der Waals surface area contributed by atoms with Crippen molar-refractivity contribution in [1.29, 1.82) is 0 Å². The summed E-state index contributed by atoms with van der Waals surface area (Å²) in [6, 6.07) is 6.36. The zero-order valence-corrected chi connectivity index (χ0v) is 13.5. The molecule has 0 spiro atoms. The summed E-state index contributed by atoms with van der Waals surface area (Å²) in [4.78, 5) is 4.45. The van der Waals surface area contributed by atoms with E-state index in [1.165, 1.54) is 5.56 Å². The largest absolute Gasteiger partial charge is 0.335 e. The van der Waals surface area contributed by atoms with Crippen LogP contribution in [-0.2, 0) is 13.0 Å². The van der Waals surface area contributed by atoms with Gasteiger partial charge in [0.1, 0.15) is 5.82 Å². The Morgan fingerprint density at radius 1 is 1.45 bits per heavy atom. The highest BCUT2D eigenvalue weighted by molar-refractivity contribution is 9.10. The average molecular weight is 337 g/mol. The van der Waals surface area contributed by atoms with Crippen LogP contribution >= 0.6 is 15.9 Å². The smallest absolute Gasteiger partial charge is 0.110 e. The van der Waals surface area contributed by atoms with Crippen molar-refractivity contribution in [2.75, 3.05) is 0 Å². The number of hydrogen-bond acceptors (Lipinski definition) is 3. The van der Waals surface area contributed by atoms with Gasteiger partial charge < -0.3 is 4.57 Å². The first-order valence-electron chi connectivity index (χ1n) is 6.88. The lowest BCUT2D eigenvalue weighted by Crippen LogP contribution is -2.30. The molecule has 0 fully saturated rings. The predicted molar refractivity (Wildman–Crippen MR) is 85.2 cm³/mol. The van der Waals surface area contributed by atoms with Gasteiger partial charge in [-0.25, -0.2) is 4.98 Å². The zero-order valence-electron chi connectivity index (χ0n) is 11.9. The number of aromatic nitrogens is 2. The third-order valence-electron chi connectivity index (χ3n) is 3.39. The van der Waals surface area contributed by atoms with Gasteiger partial charge in [0.2, 0.25) is 0 Å². The van der Waals surface area contributed by atoms with Crippen LogP contribution in [0.2, 0.25) is 0 Å². The van der Waals surface area contributed by atoms with Gasteiger partial charge >= 0.3 is 0 Å². The molecule has 1 aromatic carbocycles. The SMILES string of the molecule is CCCn1ccnc1CC(NN)c1ccc(C)cc1Br. The van der Waals surface area contributed by atoms with Crippen LogP contribution in [0.4, 0.5) is 0 Å². The second kappa shape index (κ2) is 7.02. The molecule has 5 heteroatoms. The Morgan fingerprint density at radius 3 is 2.90 bits per heavy atom. The lowest BCUT2D eigenvalue weighted by Gasteiger charge is -2.18. The number of hydrazine groups is 1. The van der Waals surface area contributed by atoms with Gasteiger partial charge in [0.05, 0.1) is 6.04 Å². The Hall–Kier alpha value is -1.17. The van der Waals surface area contributed by atoms with E-state index in [2.05, 4.69) is 63.0 Å². The van der Waals surface area contributed by atoms with Gasteiger partial charge in [0.25, 0.3) is 0 Å². The lowest BCUT2D eigenvalue weighted by molar-refractivity contribution is 0.515. The number of rotatable bonds is 6. The van der Waals surface area contributed by atoms with Crippen LogP contribution in [-0.4, -0.2) is 9.55 Å². The van der Waals surface area contributed by atoms with E-state index in [9.17, 15) is 0 Å². The number of nitrogens with zero attached hydrogens (tertiary/aromatic N) is 2. The fourth-order valence-corrected chi connectivity index (χ4v) is 3.10. The molecule has 0 aliphatic heterocycles. The Morgan fingerprint density at radius 2 is 2.25 bits per heavy atom. The van der Waals surface area contributed by atoms with Crippen LogP contribution in [0.25, 0.3) is 0 Å². The average Bonchev–Trinajstić information content (AvgIpc) is 2.84.